The summed E-state index contributed by atoms with van der Waals surface area (Å²) in [5.41, 5.74) is 0. The highest BCUT2D eigenvalue weighted by Crippen LogP contribution is 1.60. The van der Waals surface area contributed by atoms with Crippen LogP contribution in [0.25, 0.3) is 0 Å². The molecule has 0 aliphatic carbocycles. The molecule has 1 N–H and O–H groups in total. The summed E-state index contributed by atoms with van der Waals surface area (Å²) in [4.78, 5) is 0. The summed E-state index contributed by atoms with van der Waals surface area (Å²) in [6, 6.07) is 0. The third-order valence-electron chi connectivity index (χ3n) is 0. The van der Waals surface area contributed by atoms with Gasteiger partial charge in [-0.25, -0.2) is 8.42 Å². The predicted molar refractivity (Wildman–Crippen MR) is 29.2 cm³/mol. The van der Waals surface area contributed by atoms with Crippen LogP contribution in [-0.2, 0) is 21.7 Å². The Kier molecular flexibility index (Phi) is 6.74. The van der Waals surface area contributed by atoms with Crippen LogP contribution in [0, 0.1) is 0 Å². The van der Waals surface area contributed by atoms with Crippen molar-refractivity contribution in [3.05, 3.63) is 0 Å². The molecule has 0 aliphatic rings. The van der Waals surface area contributed by atoms with E-state index in [1.807, 2.05) is 0 Å². The summed E-state index contributed by atoms with van der Waals surface area (Å²) in [7, 11) is -3.67. The summed E-state index contributed by atoms with van der Waals surface area (Å²) in [5, 5.41) is 0. The fraction of sp³-hybridized carbons (Fsp3) is 1.00. The molecule has 0 bridgehead atoms. The van der Waals surface area contributed by atoms with Crippen molar-refractivity contribution in [3.8, 4) is 0 Å². The van der Waals surface area contributed by atoms with Crippen LogP contribution in [0.15, 0.2) is 0 Å². The van der Waals surface area contributed by atoms with Gasteiger partial charge in [-0.1, -0.05) is 0 Å². The Morgan fingerprint density at radius 2 is 1.38 bits per heavy atom. The van der Waals surface area contributed by atoms with Crippen LogP contribution in [0.3, 0.4) is 0 Å². The highest BCUT2D eigenvalue weighted by atomic mass is 32.2. The molecule has 0 rings (SSSR count). The molecule has 0 aromatic heterocycles. The Bertz CT molecular complexity index is 151. The zero-order chi connectivity index (χ0) is 7.21. The highest BCUT2D eigenvalue weighted by Gasteiger charge is 1.81. The molecular formula is CH6O5S2. The van der Waals surface area contributed by atoms with Crippen LogP contribution >= 0.6 is 0 Å². The van der Waals surface area contributed by atoms with Crippen LogP contribution in [0.1, 0.15) is 0 Å². The van der Waals surface area contributed by atoms with Crippen molar-refractivity contribution in [1.82, 2.24) is 0 Å². The Morgan fingerprint density at radius 1 is 1.38 bits per heavy atom. The second kappa shape index (κ2) is 5.01. The fourth-order valence-electron chi connectivity index (χ4n) is 0. The Hall–Kier alpha value is -0.140. The molecule has 0 saturated heterocycles. The molecule has 7 heteroatoms. The lowest BCUT2D eigenvalue weighted by molar-refractivity contribution is 0.490. The Labute approximate surface area is 50.1 Å². The summed E-state index contributed by atoms with van der Waals surface area (Å²) >= 11 is -1.42. The molecule has 52 valence electrons. The van der Waals surface area contributed by atoms with E-state index in [1.54, 1.807) is 0 Å². The minimum absolute atomic E-state index is 0.715. The van der Waals surface area contributed by atoms with E-state index in [9.17, 15) is 8.42 Å². The maximum absolute atomic E-state index is 9.19. The van der Waals surface area contributed by atoms with Crippen LogP contribution in [-0.4, -0.2) is 27.6 Å². The zero-order valence-electron chi connectivity index (χ0n) is 3.99. The highest BCUT2D eigenvalue weighted by molar-refractivity contribution is 7.85. The van der Waals surface area contributed by atoms with Crippen LogP contribution in [0.2, 0.25) is 0 Å². The third-order valence-corrected chi connectivity index (χ3v) is 0. The molecular weight excluding hydrogens is 156 g/mol. The molecule has 8 heavy (non-hydrogen) atoms. The molecule has 0 aliphatic heterocycles. The normalized spacial score (nSPS) is 9.25. The van der Waals surface area contributed by atoms with E-state index in [2.05, 4.69) is 0 Å². The van der Waals surface area contributed by atoms with Gasteiger partial charge in [-0.2, -0.15) is 8.42 Å². The molecule has 0 aromatic carbocycles. The molecule has 0 aromatic rings. The lowest BCUT2D eigenvalue weighted by Crippen LogP contribution is -1.88. The number of hydrogen-bond donors (Lipinski definition) is 1. The molecule has 0 spiro atoms. The monoisotopic (exact) mass is 162 g/mol. The lowest BCUT2D eigenvalue weighted by Gasteiger charge is -1.69. The zero-order valence-corrected chi connectivity index (χ0v) is 5.80. The summed E-state index contributed by atoms with van der Waals surface area (Å²) in [5.74, 6) is 0. The smallest absolute Gasteiger partial charge is 0.261 e. The fourth-order valence-corrected chi connectivity index (χ4v) is 0. The van der Waals surface area contributed by atoms with Crippen molar-refractivity contribution in [3.63, 3.8) is 0 Å². The van der Waals surface area contributed by atoms with Gasteiger partial charge in [-0.05, 0) is 0 Å². The summed E-state index contributed by atoms with van der Waals surface area (Å²) in [6.45, 7) is 0. The molecule has 0 amide bonds. The van der Waals surface area contributed by atoms with E-state index >= 15 is 0 Å². The molecule has 0 fully saturated rings. The van der Waals surface area contributed by atoms with Crippen molar-refractivity contribution < 1.29 is 21.4 Å². The Balaban J connectivity index is 0. The topological polar surface area (TPSA) is 88.5 Å². The third kappa shape index (κ3) is 7060. The van der Waals surface area contributed by atoms with Gasteiger partial charge in [0.25, 0.3) is 10.1 Å². The van der Waals surface area contributed by atoms with Crippen molar-refractivity contribution in [1.29, 1.82) is 0 Å². The number of hydrogen-bond acceptors (Lipinski definition) is 4. The van der Waals surface area contributed by atoms with E-state index in [0.29, 0.717) is 6.26 Å². The Morgan fingerprint density at radius 3 is 1.38 bits per heavy atom. The maximum atomic E-state index is 9.19. The standard InChI is InChI=1S/CH4O3S.H2O2S/c1-5(2,3)4;1-3-2/h1H3,(H,2,3,4);3H2. The van der Waals surface area contributed by atoms with Gasteiger partial charge in [0.05, 0.1) is 6.26 Å². The first kappa shape index (κ1) is 10.8. The predicted octanol–water partition coefficient (Wildman–Crippen LogP) is -1.70. The first-order valence-corrected chi connectivity index (χ1v) is 4.00. The van der Waals surface area contributed by atoms with Crippen LogP contribution < -0.4 is 0 Å². The van der Waals surface area contributed by atoms with E-state index < -0.39 is 21.7 Å². The van der Waals surface area contributed by atoms with E-state index in [1.165, 1.54) is 0 Å². The van der Waals surface area contributed by atoms with Gasteiger partial charge in [0, 0.05) is 0 Å². The van der Waals surface area contributed by atoms with Gasteiger partial charge in [0.15, 0.2) is 0 Å². The second-order valence-corrected chi connectivity index (χ2v) is 2.45. The van der Waals surface area contributed by atoms with Gasteiger partial charge in [-0.15, -0.1) is 0 Å². The van der Waals surface area contributed by atoms with Crippen LogP contribution in [0.4, 0.5) is 0 Å². The summed E-state index contributed by atoms with van der Waals surface area (Å²) in [6.07, 6.45) is 0.715. The quantitative estimate of drug-likeness (QED) is 0.429. The lowest BCUT2D eigenvalue weighted by atomic mass is 12.0. The van der Waals surface area contributed by atoms with Crippen molar-refractivity contribution in [2.45, 2.75) is 0 Å². The SMILES string of the molecule is CS(=O)(=O)O.O=[SH2]=O. The average molecular weight is 162 g/mol. The minimum Gasteiger partial charge on any atom is -0.286 e. The average Bonchev–Trinajstić information content (AvgIpc) is 1.27. The molecule has 0 saturated carbocycles. The largest absolute Gasteiger partial charge is 0.286 e. The van der Waals surface area contributed by atoms with Crippen molar-refractivity contribution >= 4 is 21.7 Å². The first-order chi connectivity index (χ1) is 3.41. The summed E-state index contributed by atoms with van der Waals surface area (Å²) < 4.78 is 42.7. The van der Waals surface area contributed by atoms with Gasteiger partial charge < -0.3 is 0 Å². The molecule has 0 unspecified atom stereocenters. The van der Waals surface area contributed by atoms with Crippen molar-refractivity contribution in [2.75, 3.05) is 6.26 Å². The van der Waals surface area contributed by atoms with E-state index in [4.69, 9.17) is 13.0 Å². The van der Waals surface area contributed by atoms with E-state index in [0.717, 1.165) is 0 Å². The molecule has 0 heterocycles. The second-order valence-electron chi connectivity index (χ2n) is 0.816. The van der Waals surface area contributed by atoms with Gasteiger partial charge in [0.1, 0.15) is 11.6 Å². The molecule has 0 atom stereocenters. The first-order valence-electron chi connectivity index (χ1n) is 1.33. The van der Waals surface area contributed by atoms with Crippen molar-refractivity contribution in [2.24, 2.45) is 0 Å². The minimum atomic E-state index is -3.67. The van der Waals surface area contributed by atoms with Gasteiger partial charge in [-0.3, -0.25) is 4.55 Å². The van der Waals surface area contributed by atoms with E-state index in [-0.39, 0.29) is 0 Å². The number of rotatable bonds is 0. The molecule has 5 nitrogen and oxygen atoms in total. The molecule has 0 radical (unpaired) electrons. The van der Waals surface area contributed by atoms with Crippen LogP contribution in [0.5, 0.6) is 0 Å². The van der Waals surface area contributed by atoms with Gasteiger partial charge >= 0.3 is 0 Å². The maximum Gasteiger partial charge on any atom is 0.261 e. The van der Waals surface area contributed by atoms with Gasteiger partial charge in [0.2, 0.25) is 0 Å².